The summed E-state index contributed by atoms with van der Waals surface area (Å²) in [6.45, 7) is 0. The van der Waals surface area contributed by atoms with Gasteiger partial charge in [-0.2, -0.15) is 13.2 Å². The molecule has 82 valence electrons. The summed E-state index contributed by atoms with van der Waals surface area (Å²) in [4.78, 5) is 14.1. The van der Waals surface area contributed by atoms with Gasteiger partial charge in [-0.05, 0) is 12.1 Å². The van der Waals surface area contributed by atoms with Crippen LogP contribution in [0.5, 0.6) is 0 Å². The van der Waals surface area contributed by atoms with Gasteiger partial charge in [-0.25, -0.2) is 19.9 Å². The van der Waals surface area contributed by atoms with Gasteiger partial charge in [0.25, 0.3) is 0 Å². The first kappa shape index (κ1) is 10.5. The van der Waals surface area contributed by atoms with Crippen molar-refractivity contribution in [1.82, 2.24) is 19.9 Å². The third kappa shape index (κ3) is 2.13. The SMILES string of the molecule is FC(F)(F)c1nccc(-c2ncccn2)n1. The molecule has 7 heteroatoms. The molecule has 16 heavy (non-hydrogen) atoms. The Morgan fingerprint density at radius 2 is 1.62 bits per heavy atom. The Morgan fingerprint density at radius 3 is 2.25 bits per heavy atom. The molecular formula is C9H5F3N4. The largest absolute Gasteiger partial charge is 0.451 e. The molecule has 2 aromatic heterocycles. The second-order valence-electron chi connectivity index (χ2n) is 2.84. The van der Waals surface area contributed by atoms with Crippen molar-refractivity contribution in [3.05, 3.63) is 36.5 Å². The molecule has 0 aliphatic heterocycles. The summed E-state index contributed by atoms with van der Waals surface area (Å²) < 4.78 is 37.0. The zero-order valence-corrected chi connectivity index (χ0v) is 7.81. The van der Waals surface area contributed by atoms with Crippen molar-refractivity contribution >= 4 is 0 Å². The van der Waals surface area contributed by atoms with E-state index in [2.05, 4.69) is 19.9 Å². The van der Waals surface area contributed by atoms with Gasteiger partial charge in [0, 0.05) is 18.6 Å². The first-order chi connectivity index (χ1) is 7.57. The van der Waals surface area contributed by atoms with E-state index < -0.39 is 12.0 Å². The molecule has 0 saturated carbocycles. The van der Waals surface area contributed by atoms with E-state index in [1.165, 1.54) is 18.5 Å². The first-order valence-corrected chi connectivity index (χ1v) is 4.25. The summed E-state index contributed by atoms with van der Waals surface area (Å²) in [6, 6.07) is 2.89. The van der Waals surface area contributed by atoms with Gasteiger partial charge in [0.2, 0.25) is 5.82 Å². The minimum atomic E-state index is -4.56. The Bertz CT molecular complexity index is 484. The highest BCUT2D eigenvalue weighted by Crippen LogP contribution is 2.26. The summed E-state index contributed by atoms with van der Waals surface area (Å²) in [5, 5.41) is 0. The molecule has 0 aliphatic rings. The number of rotatable bonds is 1. The van der Waals surface area contributed by atoms with Crippen LogP contribution in [0.2, 0.25) is 0 Å². The van der Waals surface area contributed by atoms with Crippen molar-refractivity contribution in [2.45, 2.75) is 6.18 Å². The van der Waals surface area contributed by atoms with Crippen molar-refractivity contribution in [2.24, 2.45) is 0 Å². The zero-order chi connectivity index (χ0) is 11.6. The van der Waals surface area contributed by atoms with Crippen molar-refractivity contribution in [3.8, 4) is 11.5 Å². The van der Waals surface area contributed by atoms with E-state index in [1.807, 2.05) is 0 Å². The fourth-order valence-electron chi connectivity index (χ4n) is 1.05. The molecule has 0 bridgehead atoms. The number of halogens is 3. The van der Waals surface area contributed by atoms with Crippen molar-refractivity contribution < 1.29 is 13.2 Å². The second-order valence-corrected chi connectivity index (χ2v) is 2.84. The maximum absolute atomic E-state index is 12.3. The normalized spacial score (nSPS) is 11.4. The maximum atomic E-state index is 12.3. The molecule has 2 rings (SSSR count). The van der Waals surface area contributed by atoms with Crippen LogP contribution < -0.4 is 0 Å². The van der Waals surface area contributed by atoms with E-state index in [1.54, 1.807) is 6.07 Å². The van der Waals surface area contributed by atoms with Crippen LogP contribution in [0.4, 0.5) is 13.2 Å². The van der Waals surface area contributed by atoms with Gasteiger partial charge in [-0.1, -0.05) is 0 Å². The Hall–Kier alpha value is -2.05. The van der Waals surface area contributed by atoms with Gasteiger partial charge in [-0.3, -0.25) is 0 Å². The lowest BCUT2D eigenvalue weighted by Gasteiger charge is -2.05. The van der Waals surface area contributed by atoms with Crippen LogP contribution in [-0.2, 0) is 6.18 Å². The average molecular weight is 226 g/mol. The number of hydrogen-bond acceptors (Lipinski definition) is 4. The van der Waals surface area contributed by atoms with Crippen LogP contribution in [0.1, 0.15) is 5.82 Å². The molecule has 2 heterocycles. The van der Waals surface area contributed by atoms with Crippen LogP contribution in [0, 0.1) is 0 Å². The molecule has 0 N–H and O–H groups in total. The predicted molar refractivity (Wildman–Crippen MR) is 48.1 cm³/mol. The van der Waals surface area contributed by atoms with Crippen LogP contribution in [0.3, 0.4) is 0 Å². The first-order valence-electron chi connectivity index (χ1n) is 4.25. The Morgan fingerprint density at radius 1 is 0.938 bits per heavy atom. The van der Waals surface area contributed by atoms with Crippen LogP contribution in [-0.4, -0.2) is 19.9 Å². The third-order valence-corrected chi connectivity index (χ3v) is 1.70. The molecule has 0 radical (unpaired) electrons. The molecule has 0 aromatic carbocycles. The molecule has 0 aliphatic carbocycles. The van der Waals surface area contributed by atoms with Gasteiger partial charge >= 0.3 is 6.18 Å². The van der Waals surface area contributed by atoms with Crippen LogP contribution >= 0.6 is 0 Å². The minimum absolute atomic E-state index is 0.0444. The Kier molecular flexibility index (Phi) is 2.51. The number of hydrogen-bond donors (Lipinski definition) is 0. The minimum Gasteiger partial charge on any atom is -0.235 e. The van der Waals surface area contributed by atoms with Gasteiger partial charge < -0.3 is 0 Å². The average Bonchev–Trinajstić information content (AvgIpc) is 2.29. The summed E-state index contributed by atoms with van der Waals surface area (Å²) >= 11 is 0. The molecule has 0 unspecified atom stereocenters. The van der Waals surface area contributed by atoms with Crippen LogP contribution in [0.15, 0.2) is 30.7 Å². The summed E-state index contributed by atoms with van der Waals surface area (Å²) in [7, 11) is 0. The third-order valence-electron chi connectivity index (χ3n) is 1.70. The van der Waals surface area contributed by atoms with Crippen molar-refractivity contribution in [1.29, 1.82) is 0 Å². The maximum Gasteiger partial charge on any atom is 0.451 e. The highest BCUT2D eigenvalue weighted by atomic mass is 19.4. The second kappa shape index (κ2) is 3.84. The Balaban J connectivity index is 2.45. The smallest absolute Gasteiger partial charge is 0.235 e. The molecule has 4 nitrogen and oxygen atoms in total. The highest BCUT2D eigenvalue weighted by Gasteiger charge is 2.34. The fourth-order valence-corrected chi connectivity index (χ4v) is 1.05. The molecule has 0 spiro atoms. The Labute approximate surface area is 88.2 Å². The molecular weight excluding hydrogens is 221 g/mol. The van der Waals surface area contributed by atoms with E-state index >= 15 is 0 Å². The lowest BCUT2D eigenvalue weighted by molar-refractivity contribution is -0.144. The van der Waals surface area contributed by atoms with Gasteiger partial charge in [0.1, 0.15) is 5.69 Å². The van der Waals surface area contributed by atoms with E-state index in [9.17, 15) is 13.2 Å². The molecule has 0 atom stereocenters. The molecule has 2 aromatic rings. The molecule has 0 amide bonds. The summed E-state index contributed by atoms with van der Waals surface area (Å²) in [6.07, 6.45) is -0.679. The quantitative estimate of drug-likeness (QED) is 0.745. The fraction of sp³-hybridized carbons (Fsp3) is 0.111. The van der Waals surface area contributed by atoms with Gasteiger partial charge in [0.15, 0.2) is 5.82 Å². The highest BCUT2D eigenvalue weighted by molar-refractivity contribution is 5.47. The van der Waals surface area contributed by atoms with Crippen LogP contribution in [0.25, 0.3) is 11.5 Å². The predicted octanol–water partition coefficient (Wildman–Crippen LogP) is 1.95. The molecule has 0 fully saturated rings. The van der Waals surface area contributed by atoms with E-state index in [-0.39, 0.29) is 11.5 Å². The monoisotopic (exact) mass is 226 g/mol. The van der Waals surface area contributed by atoms with E-state index in [4.69, 9.17) is 0 Å². The standard InChI is InChI=1S/C9H5F3N4/c10-9(11,12)8-15-5-2-6(16-8)7-13-3-1-4-14-7/h1-5H. The van der Waals surface area contributed by atoms with E-state index in [0.29, 0.717) is 0 Å². The lowest BCUT2D eigenvalue weighted by Crippen LogP contribution is -2.11. The number of nitrogens with zero attached hydrogens (tertiary/aromatic N) is 4. The summed E-state index contributed by atoms with van der Waals surface area (Å²) in [5.74, 6) is -1.06. The molecule has 0 saturated heterocycles. The van der Waals surface area contributed by atoms with E-state index in [0.717, 1.165) is 6.20 Å². The van der Waals surface area contributed by atoms with Gasteiger partial charge in [-0.15, -0.1) is 0 Å². The zero-order valence-electron chi connectivity index (χ0n) is 7.81. The lowest BCUT2D eigenvalue weighted by atomic mass is 10.3. The van der Waals surface area contributed by atoms with Crippen molar-refractivity contribution in [2.75, 3.05) is 0 Å². The van der Waals surface area contributed by atoms with Gasteiger partial charge in [0.05, 0.1) is 0 Å². The topological polar surface area (TPSA) is 51.6 Å². The van der Waals surface area contributed by atoms with Crippen molar-refractivity contribution in [3.63, 3.8) is 0 Å². The number of aromatic nitrogens is 4. The number of alkyl halides is 3. The summed E-state index contributed by atoms with van der Waals surface area (Å²) in [5.41, 5.74) is 0.0444.